The largest absolute Gasteiger partial charge is 0.454 e. The van der Waals surface area contributed by atoms with E-state index in [1.54, 1.807) is 18.2 Å². The number of amides is 1. The molecule has 1 aliphatic carbocycles. The maximum absolute atomic E-state index is 11.7. The molecule has 3 rings (SSSR count). The van der Waals surface area contributed by atoms with Crippen LogP contribution >= 0.6 is 0 Å². The van der Waals surface area contributed by atoms with Crippen molar-refractivity contribution in [1.82, 2.24) is 5.32 Å². The quantitative estimate of drug-likeness (QED) is 0.461. The molecule has 1 aromatic carbocycles. The Bertz CT molecular complexity index is 723. The lowest BCUT2D eigenvalue weighted by Gasteiger charge is -2.12. The zero-order chi connectivity index (χ0) is 18.2. The second kappa shape index (κ2) is 9.08. The summed E-state index contributed by atoms with van der Waals surface area (Å²) in [6, 6.07) is 5.37. The van der Waals surface area contributed by atoms with Gasteiger partial charge in [-0.05, 0) is 55.9 Å². The zero-order valence-corrected chi connectivity index (χ0v) is 14.7. The molecule has 0 aromatic heterocycles. The van der Waals surface area contributed by atoms with E-state index >= 15 is 0 Å². The minimum atomic E-state index is -0.562. The Morgan fingerprint density at radius 2 is 2.08 bits per heavy atom. The number of fused-ring (bicyclic) bond motifs is 1. The van der Waals surface area contributed by atoms with Gasteiger partial charge in [0.15, 0.2) is 18.1 Å². The molecule has 1 aliphatic heterocycles. The van der Waals surface area contributed by atoms with Gasteiger partial charge in [0, 0.05) is 12.6 Å². The third-order valence-electron chi connectivity index (χ3n) is 4.31. The van der Waals surface area contributed by atoms with Crippen molar-refractivity contribution < 1.29 is 23.8 Å². The molecule has 0 bridgehead atoms. The van der Waals surface area contributed by atoms with Crippen LogP contribution in [0.5, 0.6) is 11.5 Å². The van der Waals surface area contributed by atoms with E-state index in [1.807, 2.05) is 6.07 Å². The highest BCUT2D eigenvalue weighted by Crippen LogP contribution is 2.32. The van der Waals surface area contributed by atoms with Crippen LogP contribution in [0.4, 0.5) is 0 Å². The van der Waals surface area contributed by atoms with Crippen molar-refractivity contribution in [3.05, 3.63) is 41.5 Å². The molecule has 1 amide bonds. The standard InChI is InChI=1S/C20H23NO5/c22-19(21-11-10-15-4-2-1-3-5-15)13-24-20(23)9-7-16-6-8-17-18(12-16)26-14-25-17/h4,6-9,12H,1-3,5,10-11,13-14H2,(H,21,22)/b9-7+. The first-order valence-electron chi connectivity index (χ1n) is 8.90. The summed E-state index contributed by atoms with van der Waals surface area (Å²) in [5.74, 6) is 0.484. The van der Waals surface area contributed by atoms with Crippen molar-refractivity contribution in [2.75, 3.05) is 19.9 Å². The van der Waals surface area contributed by atoms with Crippen LogP contribution in [0.1, 0.15) is 37.7 Å². The number of rotatable bonds is 7. The monoisotopic (exact) mass is 357 g/mol. The average Bonchev–Trinajstić information content (AvgIpc) is 3.13. The highest BCUT2D eigenvalue weighted by atomic mass is 16.7. The van der Waals surface area contributed by atoms with E-state index in [1.165, 1.54) is 24.5 Å². The molecule has 26 heavy (non-hydrogen) atoms. The molecule has 0 unspecified atom stereocenters. The Balaban J connectivity index is 1.35. The molecule has 0 radical (unpaired) electrons. The van der Waals surface area contributed by atoms with Crippen molar-refractivity contribution in [1.29, 1.82) is 0 Å². The van der Waals surface area contributed by atoms with Gasteiger partial charge in [-0.1, -0.05) is 17.7 Å². The average molecular weight is 357 g/mol. The van der Waals surface area contributed by atoms with Crippen LogP contribution in [-0.2, 0) is 14.3 Å². The fourth-order valence-electron chi connectivity index (χ4n) is 2.91. The normalized spacial score (nSPS) is 15.6. The molecular formula is C20H23NO5. The number of ether oxygens (including phenoxy) is 3. The Kier molecular flexibility index (Phi) is 6.30. The van der Waals surface area contributed by atoms with Crippen LogP contribution in [0.15, 0.2) is 35.9 Å². The molecule has 0 saturated heterocycles. The minimum Gasteiger partial charge on any atom is -0.454 e. The lowest BCUT2D eigenvalue weighted by molar-refractivity contribution is -0.143. The molecule has 6 nitrogen and oxygen atoms in total. The first-order chi connectivity index (χ1) is 12.7. The number of esters is 1. The van der Waals surface area contributed by atoms with E-state index in [2.05, 4.69) is 11.4 Å². The summed E-state index contributed by atoms with van der Waals surface area (Å²) in [5.41, 5.74) is 2.19. The molecule has 0 atom stereocenters. The number of carbonyl (C=O) groups excluding carboxylic acids is 2. The topological polar surface area (TPSA) is 73.9 Å². The summed E-state index contributed by atoms with van der Waals surface area (Å²) in [6.45, 7) is 0.509. The molecular weight excluding hydrogens is 334 g/mol. The van der Waals surface area contributed by atoms with Gasteiger partial charge < -0.3 is 19.5 Å². The smallest absolute Gasteiger partial charge is 0.331 e. The van der Waals surface area contributed by atoms with Crippen LogP contribution in [-0.4, -0.2) is 31.8 Å². The van der Waals surface area contributed by atoms with Crippen LogP contribution in [0.2, 0.25) is 0 Å². The number of carbonyl (C=O) groups is 2. The summed E-state index contributed by atoms with van der Waals surface area (Å²) in [5, 5.41) is 2.78. The van der Waals surface area contributed by atoms with Gasteiger partial charge >= 0.3 is 5.97 Å². The van der Waals surface area contributed by atoms with E-state index in [0.29, 0.717) is 18.0 Å². The Morgan fingerprint density at radius 1 is 1.19 bits per heavy atom. The highest BCUT2D eigenvalue weighted by Gasteiger charge is 2.12. The first-order valence-corrected chi connectivity index (χ1v) is 8.90. The summed E-state index contributed by atoms with van der Waals surface area (Å²) < 4.78 is 15.5. The molecule has 0 saturated carbocycles. The molecule has 1 heterocycles. The number of hydrogen-bond donors (Lipinski definition) is 1. The van der Waals surface area contributed by atoms with Gasteiger partial charge in [-0.15, -0.1) is 0 Å². The number of hydrogen-bond acceptors (Lipinski definition) is 5. The summed E-state index contributed by atoms with van der Waals surface area (Å²) in [6.07, 6.45) is 10.8. The van der Waals surface area contributed by atoms with E-state index in [-0.39, 0.29) is 19.3 Å². The highest BCUT2D eigenvalue weighted by molar-refractivity contribution is 5.89. The van der Waals surface area contributed by atoms with Crippen molar-refractivity contribution >= 4 is 18.0 Å². The predicted molar refractivity (Wildman–Crippen MR) is 96.7 cm³/mol. The summed E-state index contributed by atoms with van der Waals surface area (Å²) >= 11 is 0. The Labute approximate surface area is 152 Å². The summed E-state index contributed by atoms with van der Waals surface area (Å²) in [7, 11) is 0. The minimum absolute atomic E-state index is 0.205. The van der Waals surface area contributed by atoms with Crippen LogP contribution < -0.4 is 14.8 Å². The van der Waals surface area contributed by atoms with Crippen molar-refractivity contribution in [2.45, 2.75) is 32.1 Å². The molecule has 2 aliphatic rings. The third kappa shape index (κ3) is 5.37. The van der Waals surface area contributed by atoms with Gasteiger partial charge in [0.05, 0.1) is 0 Å². The van der Waals surface area contributed by atoms with E-state index in [4.69, 9.17) is 14.2 Å². The van der Waals surface area contributed by atoms with E-state index in [0.717, 1.165) is 24.8 Å². The second-order valence-corrected chi connectivity index (χ2v) is 6.26. The lowest BCUT2D eigenvalue weighted by Crippen LogP contribution is -2.29. The molecule has 138 valence electrons. The van der Waals surface area contributed by atoms with E-state index in [9.17, 15) is 9.59 Å². The van der Waals surface area contributed by atoms with Gasteiger partial charge in [0.1, 0.15) is 0 Å². The Hall–Kier alpha value is -2.76. The third-order valence-corrected chi connectivity index (χ3v) is 4.31. The van der Waals surface area contributed by atoms with Crippen molar-refractivity contribution in [2.24, 2.45) is 0 Å². The number of allylic oxidation sites excluding steroid dienone is 1. The lowest BCUT2D eigenvalue weighted by atomic mass is 9.97. The van der Waals surface area contributed by atoms with Crippen molar-refractivity contribution in [3.63, 3.8) is 0 Å². The van der Waals surface area contributed by atoms with Crippen LogP contribution in [0.3, 0.4) is 0 Å². The molecule has 6 heteroatoms. The maximum Gasteiger partial charge on any atom is 0.331 e. The Morgan fingerprint density at radius 3 is 2.92 bits per heavy atom. The van der Waals surface area contributed by atoms with E-state index < -0.39 is 5.97 Å². The maximum atomic E-state index is 11.7. The molecule has 1 N–H and O–H groups in total. The van der Waals surface area contributed by atoms with Crippen LogP contribution in [0, 0.1) is 0 Å². The predicted octanol–water partition coefficient (Wildman–Crippen LogP) is 2.98. The van der Waals surface area contributed by atoms with Crippen molar-refractivity contribution in [3.8, 4) is 11.5 Å². The number of benzene rings is 1. The zero-order valence-electron chi connectivity index (χ0n) is 14.7. The molecule has 0 fully saturated rings. The van der Waals surface area contributed by atoms with Gasteiger partial charge in [0.2, 0.25) is 6.79 Å². The van der Waals surface area contributed by atoms with Crippen LogP contribution in [0.25, 0.3) is 6.08 Å². The SMILES string of the molecule is O=C(COC(=O)/C=C/c1ccc2c(c1)OCO2)NCCC1=CCCCC1. The first kappa shape index (κ1) is 18.0. The fourth-order valence-corrected chi connectivity index (χ4v) is 2.91. The fraction of sp³-hybridized carbons (Fsp3) is 0.400. The summed E-state index contributed by atoms with van der Waals surface area (Å²) in [4.78, 5) is 23.5. The van der Waals surface area contributed by atoms with Gasteiger partial charge in [-0.25, -0.2) is 4.79 Å². The number of nitrogens with one attached hydrogen (secondary N) is 1. The van der Waals surface area contributed by atoms with Gasteiger partial charge in [-0.2, -0.15) is 0 Å². The van der Waals surface area contributed by atoms with Gasteiger partial charge in [-0.3, -0.25) is 4.79 Å². The second-order valence-electron chi connectivity index (χ2n) is 6.26. The molecule has 1 aromatic rings. The molecule has 0 spiro atoms. The van der Waals surface area contributed by atoms with Gasteiger partial charge in [0.25, 0.3) is 5.91 Å².